The first-order valence-electron chi connectivity index (χ1n) is 5.10. The summed E-state index contributed by atoms with van der Waals surface area (Å²) >= 11 is 0. The number of nitrogen functional groups attached to an aromatic ring is 1. The molecule has 0 bridgehead atoms. The van der Waals surface area contributed by atoms with E-state index in [1.54, 1.807) is 0 Å². The summed E-state index contributed by atoms with van der Waals surface area (Å²) in [5.74, 6) is 0. The fraction of sp³-hybridized carbons (Fsp3) is 0.333. The van der Waals surface area contributed by atoms with Crippen LogP contribution in [0.3, 0.4) is 0 Å². The van der Waals surface area contributed by atoms with E-state index >= 15 is 0 Å². The molecule has 0 spiro atoms. The maximum absolute atomic E-state index is 6.01. The maximum Gasteiger partial charge on any atom is 0.0477 e. The molecule has 1 aromatic carbocycles. The predicted octanol–water partition coefficient (Wildman–Crippen LogP) is 2.03. The second-order valence-corrected chi connectivity index (χ2v) is 4.78. The number of hydrogen-bond donors (Lipinski definition) is 3. The molecule has 15 heavy (non-hydrogen) atoms. The van der Waals surface area contributed by atoms with Crippen LogP contribution in [0.2, 0.25) is 0 Å². The van der Waals surface area contributed by atoms with Gasteiger partial charge in [0.2, 0.25) is 0 Å². The van der Waals surface area contributed by atoms with Gasteiger partial charge in [-0.25, -0.2) is 0 Å². The van der Waals surface area contributed by atoms with Crippen molar-refractivity contribution in [2.75, 3.05) is 5.73 Å². The third kappa shape index (κ3) is 2.13. The molecule has 0 atom stereocenters. The molecule has 1 aromatic heterocycles. The Bertz CT molecular complexity index is 477. The van der Waals surface area contributed by atoms with Crippen LogP contribution in [0.25, 0.3) is 10.9 Å². The van der Waals surface area contributed by atoms with E-state index in [2.05, 4.69) is 4.98 Å². The molecule has 0 unspecified atom stereocenters. The summed E-state index contributed by atoms with van der Waals surface area (Å²) in [6.45, 7) is 4.06. The van der Waals surface area contributed by atoms with Gasteiger partial charge in [0.1, 0.15) is 0 Å². The highest BCUT2D eigenvalue weighted by atomic mass is 14.7. The van der Waals surface area contributed by atoms with Crippen LogP contribution in [0.15, 0.2) is 24.4 Å². The number of anilines is 1. The van der Waals surface area contributed by atoms with Gasteiger partial charge in [-0.2, -0.15) is 0 Å². The first-order valence-corrected chi connectivity index (χ1v) is 5.10. The summed E-state index contributed by atoms with van der Waals surface area (Å²) in [6, 6.07) is 5.91. The summed E-state index contributed by atoms with van der Waals surface area (Å²) in [6.07, 6.45) is 2.87. The first-order chi connectivity index (χ1) is 6.96. The van der Waals surface area contributed by atoms with Crippen molar-refractivity contribution in [2.45, 2.75) is 25.8 Å². The minimum atomic E-state index is -0.184. The van der Waals surface area contributed by atoms with Crippen LogP contribution in [-0.2, 0) is 6.42 Å². The third-order valence-electron chi connectivity index (χ3n) is 2.44. The number of aromatic nitrogens is 1. The lowest BCUT2D eigenvalue weighted by Gasteiger charge is -2.17. The molecule has 3 nitrogen and oxygen atoms in total. The fourth-order valence-corrected chi connectivity index (χ4v) is 1.84. The normalized spacial score (nSPS) is 12.2. The molecule has 80 valence electrons. The Morgan fingerprint density at radius 1 is 1.33 bits per heavy atom. The van der Waals surface area contributed by atoms with Gasteiger partial charge in [0.15, 0.2) is 0 Å². The molecule has 1 heterocycles. The van der Waals surface area contributed by atoms with Crippen LogP contribution in [0.1, 0.15) is 19.4 Å². The van der Waals surface area contributed by atoms with Crippen LogP contribution in [0, 0.1) is 0 Å². The standard InChI is InChI=1S/C12H17N3/c1-12(2,14)6-8-7-15-11-5-9(13)3-4-10(8)11/h3-5,7,15H,6,13-14H2,1-2H3. The minimum Gasteiger partial charge on any atom is -0.399 e. The molecular formula is C12H17N3. The number of aromatic amines is 1. The minimum absolute atomic E-state index is 0.184. The highest BCUT2D eigenvalue weighted by Crippen LogP contribution is 2.23. The van der Waals surface area contributed by atoms with Gasteiger partial charge in [-0.05, 0) is 38.0 Å². The number of fused-ring (bicyclic) bond motifs is 1. The second kappa shape index (κ2) is 3.28. The largest absolute Gasteiger partial charge is 0.399 e. The van der Waals surface area contributed by atoms with E-state index in [1.807, 2.05) is 38.2 Å². The summed E-state index contributed by atoms with van der Waals surface area (Å²) in [4.78, 5) is 3.22. The Labute approximate surface area is 89.5 Å². The van der Waals surface area contributed by atoms with Crippen molar-refractivity contribution in [3.8, 4) is 0 Å². The lowest BCUT2D eigenvalue weighted by molar-refractivity contribution is 0.518. The smallest absolute Gasteiger partial charge is 0.0477 e. The average Bonchev–Trinajstić information content (AvgIpc) is 2.45. The van der Waals surface area contributed by atoms with E-state index in [9.17, 15) is 0 Å². The second-order valence-electron chi connectivity index (χ2n) is 4.78. The van der Waals surface area contributed by atoms with E-state index in [1.165, 1.54) is 10.9 Å². The summed E-state index contributed by atoms with van der Waals surface area (Å²) in [5.41, 5.74) is 14.6. The zero-order chi connectivity index (χ0) is 11.1. The predicted molar refractivity (Wildman–Crippen MR) is 64.7 cm³/mol. The molecule has 0 aliphatic carbocycles. The van der Waals surface area contributed by atoms with Gasteiger partial charge < -0.3 is 16.5 Å². The first kappa shape index (κ1) is 10.1. The summed E-state index contributed by atoms with van der Waals surface area (Å²) in [5, 5.41) is 1.21. The number of rotatable bonds is 2. The van der Waals surface area contributed by atoms with Crippen LogP contribution >= 0.6 is 0 Å². The molecule has 2 rings (SSSR count). The molecule has 0 radical (unpaired) electrons. The molecule has 0 saturated heterocycles. The molecule has 0 fully saturated rings. The average molecular weight is 203 g/mol. The Balaban J connectivity index is 2.45. The van der Waals surface area contributed by atoms with Crippen molar-refractivity contribution in [3.05, 3.63) is 30.0 Å². The summed E-state index contributed by atoms with van der Waals surface area (Å²) < 4.78 is 0. The maximum atomic E-state index is 6.01. The van der Waals surface area contributed by atoms with Crippen molar-refractivity contribution in [3.63, 3.8) is 0 Å². The Morgan fingerprint density at radius 2 is 2.07 bits per heavy atom. The third-order valence-corrected chi connectivity index (χ3v) is 2.44. The zero-order valence-electron chi connectivity index (χ0n) is 9.17. The topological polar surface area (TPSA) is 67.8 Å². The quantitative estimate of drug-likeness (QED) is 0.654. The molecule has 5 N–H and O–H groups in total. The van der Waals surface area contributed by atoms with E-state index in [0.29, 0.717) is 0 Å². The van der Waals surface area contributed by atoms with Gasteiger partial charge >= 0.3 is 0 Å². The molecule has 0 aliphatic rings. The molecule has 0 aliphatic heterocycles. The van der Waals surface area contributed by atoms with E-state index in [4.69, 9.17) is 11.5 Å². The number of H-pyrrole nitrogens is 1. The number of benzene rings is 1. The van der Waals surface area contributed by atoms with Crippen molar-refractivity contribution in [2.24, 2.45) is 5.73 Å². The molecule has 0 saturated carbocycles. The van der Waals surface area contributed by atoms with Crippen LogP contribution < -0.4 is 11.5 Å². The molecule has 2 aromatic rings. The van der Waals surface area contributed by atoms with E-state index in [0.717, 1.165) is 17.6 Å². The lowest BCUT2D eigenvalue weighted by atomic mass is 9.96. The van der Waals surface area contributed by atoms with Gasteiger partial charge in [0.25, 0.3) is 0 Å². The van der Waals surface area contributed by atoms with Gasteiger partial charge in [0.05, 0.1) is 0 Å². The van der Waals surface area contributed by atoms with E-state index in [-0.39, 0.29) is 5.54 Å². The van der Waals surface area contributed by atoms with Gasteiger partial charge in [-0.3, -0.25) is 0 Å². The Hall–Kier alpha value is -1.48. The van der Waals surface area contributed by atoms with Crippen molar-refractivity contribution < 1.29 is 0 Å². The Kier molecular flexibility index (Phi) is 2.20. The van der Waals surface area contributed by atoms with Gasteiger partial charge in [-0.15, -0.1) is 0 Å². The highest BCUT2D eigenvalue weighted by Gasteiger charge is 2.14. The number of nitrogens with two attached hydrogens (primary N) is 2. The van der Waals surface area contributed by atoms with Crippen LogP contribution in [-0.4, -0.2) is 10.5 Å². The number of hydrogen-bond acceptors (Lipinski definition) is 2. The molecule has 3 heteroatoms. The number of nitrogens with one attached hydrogen (secondary N) is 1. The monoisotopic (exact) mass is 203 g/mol. The van der Waals surface area contributed by atoms with Gasteiger partial charge in [0, 0.05) is 28.3 Å². The van der Waals surface area contributed by atoms with Crippen LogP contribution in [0.5, 0.6) is 0 Å². The lowest BCUT2D eigenvalue weighted by Crippen LogP contribution is -2.34. The van der Waals surface area contributed by atoms with E-state index < -0.39 is 0 Å². The van der Waals surface area contributed by atoms with Crippen molar-refractivity contribution >= 4 is 16.6 Å². The Morgan fingerprint density at radius 3 is 2.73 bits per heavy atom. The fourth-order valence-electron chi connectivity index (χ4n) is 1.84. The SMILES string of the molecule is CC(C)(N)Cc1c[nH]c2cc(N)ccc12. The van der Waals surface area contributed by atoms with Crippen LogP contribution in [0.4, 0.5) is 5.69 Å². The van der Waals surface area contributed by atoms with Crippen molar-refractivity contribution in [1.82, 2.24) is 4.98 Å². The zero-order valence-corrected chi connectivity index (χ0v) is 9.17. The van der Waals surface area contributed by atoms with Crippen molar-refractivity contribution in [1.29, 1.82) is 0 Å². The molecular weight excluding hydrogens is 186 g/mol. The highest BCUT2D eigenvalue weighted by molar-refractivity contribution is 5.85. The summed E-state index contributed by atoms with van der Waals surface area (Å²) in [7, 11) is 0. The molecule has 0 amide bonds. The van der Waals surface area contributed by atoms with Gasteiger partial charge in [-0.1, -0.05) is 6.07 Å².